The minimum absolute atomic E-state index is 0.0188. The molecule has 0 aliphatic rings. The maximum atomic E-state index is 13.4. The van der Waals surface area contributed by atoms with Crippen molar-refractivity contribution < 1.29 is 22.9 Å². The molecule has 0 spiro atoms. The van der Waals surface area contributed by atoms with Crippen molar-refractivity contribution in [1.82, 2.24) is 4.98 Å². The molecule has 0 saturated heterocycles. The molecule has 0 fully saturated rings. The second-order valence-corrected chi connectivity index (χ2v) is 10.6. The smallest absolute Gasteiger partial charge is 0.298 e. The van der Waals surface area contributed by atoms with Gasteiger partial charge in [-0.25, -0.2) is 4.98 Å². The topological polar surface area (TPSA) is 85.1 Å². The molecule has 0 saturated carbocycles. The summed E-state index contributed by atoms with van der Waals surface area (Å²) < 4.78 is 40.1. The van der Waals surface area contributed by atoms with Gasteiger partial charge in [0, 0.05) is 25.3 Å². The fourth-order valence-corrected chi connectivity index (χ4v) is 5.33. The zero-order valence-corrected chi connectivity index (χ0v) is 21.1. The van der Waals surface area contributed by atoms with Gasteiger partial charge in [0.2, 0.25) is 6.54 Å². The van der Waals surface area contributed by atoms with Crippen LogP contribution in [0.15, 0.2) is 42.5 Å². The Balaban J connectivity index is 2.09. The highest BCUT2D eigenvalue weighted by molar-refractivity contribution is 7.16. The van der Waals surface area contributed by atoms with E-state index in [0.717, 1.165) is 23.5 Å². The number of amides is 1. The molecule has 186 valence electrons. The number of benzene rings is 2. The summed E-state index contributed by atoms with van der Waals surface area (Å²) in [5.41, 5.74) is -1.34. The van der Waals surface area contributed by atoms with Gasteiger partial charge in [0.25, 0.3) is 5.91 Å². The van der Waals surface area contributed by atoms with E-state index in [0.29, 0.717) is 21.2 Å². The lowest BCUT2D eigenvalue weighted by Crippen LogP contribution is -2.20. The molecule has 1 unspecified atom stereocenters. The number of nitrogens with zero attached hydrogens (tertiary/aromatic N) is 2. The third kappa shape index (κ3) is 6.31. The molecular weight excluding hydrogens is 526 g/mol. The zero-order chi connectivity index (χ0) is 26.1. The van der Waals surface area contributed by atoms with Crippen molar-refractivity contribution in [2.45, 2.75) is 38.3 Å². The summed E-state index contributed by atoms with van der Waals surface area (Å²) >= 11 is 13.3. The lowest BCUT2D eigenvalue weighted by molar-refractivity contribution is -0.481. The molecule has 0 radical (unpaired) electrons. The first kappa shape index (κ1) is 26.9. The molecule has 1 aromatic heterocycles. The number of anilines is 1. The van der Waals surface area contributed by atoms with Gasteiger partial charge in [0.1, 0.15) is 0 Å². The van der Waals surface area contributed by atoms with Gasteiger partial charge < -0.3 is 0 Å². The number of aromatic nitrogens is 1. The zero-order valence-electron chi connectivity index (χ0n) is 18.7. The first-order valence-corrected chi connectivity index (χ1v) is 11.8. The van der Waals surface area contributed by atoms with Crippen molar-refractivity contribution in [3.63, 3.8) is 0 Å². The standard InChI is InChI=1S/C23H20Cl2F3N3O3S/c1-22(2,3)19-18(15(11-31(33)34)13-9-8-12(24)10-17(13)25)35-21(29-19)30-20(32)14-6-4-5-7-16(14)23(26,27)28/h4-10,15H,11H2,1-3H3,(H,29,30,32). The molecule has 3 rings (SSSR count). The third-order valence-corrected chi connectivity index (χ3v) is 6.69. The number of thiazole rings is 1. The monoisotopic (exact) mass is 545 g/mol. The van der Waals surface area contributed by atoms with Crippen LogP contribution in [0.3, 0.4) is 0 Å². The average Bonchev–Trinajstić information content (AvgIpc) is 3.16. The number of carbonyl (C=O) groups is 1. The third-order valence-electron chi connectivity index (χ3n) is 5.05. The number of nitro groups is 1. The molecule has 0 bridgehead atoms. The van der Waals surface area contributed by atoms with Gasteiger partial charge in [-0.2, -0.15) is 13.2 Å². The Hall–Kier alpha value is -2.69. The van der Waals surface area contributed by atoms with Crippen LogP contribution in [0.4, 0.5) is 18.3 Å². The molecule has 1 heterocycles. The van der Waals surface area contributed by atoms with Gasteiger partial charge in [-0.3, -0.25) is 20.2 Å². The fourth-order valence-electron chi connectivity index (χ4n) is 3.51. The first-order valence-electron chi connectivity index (χ1n) is 10.2. The number of alkyl halides is 3. The number of carbonyl (C=O) groups excluding carboxylic acids is 1. The van der Waals surface area contributed by atoms with Crippen LogP contribution in [0.5, 0.6) is 0 Å². The minimum Gasteiger partial charge on any atom is -0.298 e. The number of hydrogen-bond acceptors (Lipinski definition) is 5. The highest BCUT2D eigenvalue weighted by Crippen LogP contribution is 2.42. The van der Waals surface area contributed by atoms with E-state index in [9.17, 15) is 28.1 Å². The van der Waals surface area contributed by atoms with E-state index in [1.54, 1.807) is 12.1 Å². The van der Waals surface area contributed by atoms with Gasteiger partial charge >= 0.3 is 6.18 Å². The molecule has 0 aliphatic heterocycles. The SMILES string of the molecule is CC(C)(C)c1nc(NC(=O)c2ccccc2C(F)(F)F)sc1C(C[N+](=O)[O-])c1ccc(Cl)cc1Cl. The normalized spacial score (nSPS) is 12.9. The van der Waals surface area contributed by atoms with Crippen molar-refractivity contribution in [3.8, 4) is 0 Å². The highest BCUT2D eigenvalue weighted by atomic mass is 35.5. The fraction of sp³-hybridized carbons (Fsp3) is 0.304. The van der Waals surface area contributed by atoms with Crippen LogP contribution >= 0.6 is 34.5 Å². The van der Waals surface area contributed by atoms with E-state index >= 15 is 0 Å². The molecule has 35 heavy (non-hydrogen) atoms. The second-order valence-electron chi connectivity index (χ2n) is 8.71. The Bertz CT molecular complexity index is 1270. The van der Waals surface area contributed by atoms with Gasteiger partial charge in [0.15, 0.2) is 5.13 Å². The van der Waals surface area contributed by atoms with Crippen LogP contribution in [-0.4, -0.2) is 22.4 Å². The summed E-state index contributed by atoms with van der Waals surface area (Å²) in [7, 11) is 0. The molecule has 1 atom stereocenters. The maximum absolute atomic E-state index is 13.4. The number of halogens is 5. The van der Waals surface area contributed by atoms with E-state index in [4.69, 9.17) is 23.2 Å². The molecule has 2 aromatic carbocycles. The molecular formula is C23H20Cl2F3N3O3S. The van der Waals surface area contributed by atoms with Gasteiger partial charge in [-0.15, -0.1) is 11.3 Å². The predicted molar refractivity (Wildman–Crippen MR) is 130 cm³/mol. The molecule has 6 nitrogen and oxygen atoms in total. The van der Waals surface area contributed by atoms with Crippen LogP contribution in [-0.2, 0) is 11.6 Å². The Morgan fingerprint density at radius 3 is 2.40 bits per heavy atom. The summed E-state index contributed by atoms with van der Waals surface area (Å²) in [6.45, 7) is 4.99. The van der Waals surface area contributed by atoms with Crippen LogP contribution in [0.1, 0.15) is 58.7 Å². The first-order chi connectivity index (χ1) is 16.2. The quantitative estimate of drug-likeness (QED) is 0.258. The summed E-state index contributed by atoms with van der Waals surface area (Å²) in [6.07, 6.45) is -4.72. The number of hydrogen-bond donors (Lipinski definition) is 1. The minimum atomic E-state index is -4.72. The van der Waals surface area contributed by atoms with Crippen LogP contribution in [0.25, 0.3) is 0 Å². The Morgan fingerprint density at radius 1 is 1.17 bits per heavy atom. The van der Waals surface area contributed by atoms with Gasteiger partial charge in [-0.05, 0) is 29.8 Å². The highest BCUT2D eigenvalue weighted by Gasteiger charge is 2.36. The Kier molecular flexibility index (Phi) is 7.78. The van der Waals surface area contributed by atoms with Crippen LogP contribution in [0.2, 0.25) is 10.0 Å². The van der Waals surface area contributed by atoms with Crippen molar-refractivity contribution in [1.29, 1.82) is 0 Å². The van der Waals surface area contributed by atoms with E-state index in [1.807, 2.05) is 20.8 Å². The lowest BCUT2D eigenvalue weighted by Gasteiger charge is -2.21. The predicted octanol–water partition coefficient (Wildman–Crippen LogP) is 7.43. The van der Waals surface area contributed by atoms with Gasteiger partial charge in [-0.1, -0.05) is 62.2 Å². The molecule has 0 aliphatic carbocycles. The summed E-state index contributed by atoms with van der Waals surface area (Å²) in [6, 6.07) is 9.02. The van der Waals surface area contributed by atoms with Crippen molar-refractivity contribution in [2.75, 3.05) is 11.9 Å². The molecule has 1 N–H and O–H groups in total. The summed E-state index contributed by atoms with van der Waals surface area (Å²) in [4.78, 5) is 28.8. The van der Waals surface area contributed by atoms with Gasteiger partial charge in [0.05, 0.1) is 22.7 Å². The van der Waals surface area contributed by atoms with Crippen molar-refractivity contribution in [2.24, 2.45) is 0 Å². The maximum Gasteiger partial charge on any atom is 0.417 e. The molecule has 1 amide bonds. The van der Waals surface area contributed by atoms with Crippen LogP contribution < -0.4 is 5.32 Å². The summed E-state index contributed by atoms with van der Waals surface area (Å²) in [5, 5.41) is 14.6. The van der Waals surface area contributed by atoms with E-state index < -0.39 is 46.0 Å². The summed E-state index contributed by atoms with van der Waals surface area (Å²) in [5.74, 6) is -1.82. The molecule has 3 aromatic rings. The largest absolute Gasteiger partial charge is 0.417 e. The Labute approximate surface area is 213 Å². The molecule has 12 heteroatoms. The lowest BCUT2D eigenvalue weighted by atomic mass is 9.86. The second kappa shape index (κ2) is 10.1. The number of rotatable bonds is 6. The van der Waals surface area contributed by atoms with Crippen molar-refractivity contribution >= 4 is 45.6 Å². The van der Waals surface area contributed by atoms with E-state index in [-0.39, 0.29) is 10.2 Å². The van der Waals surface area contributed by atoms with Crippen molar-refractivity contribution in [3.05, 3.63) is 89.9 Å². The Morgan fingerprint density at radius 2 is 1.83 bits per heavy atom. The average molecular weight is 546 g/mol. The van der Waals surface area contributed by atoms with E-state index in [1.165, 1.54) is 18.2 Å². The van der Waals surface area contributed by atoms with E-state index in [2.05, 4.69) is 10.3 Å². The number of nitrogens with one attached hydrogen (secondary N) is 1. The van der Waals surface area contributed by atoms with Crippen LogP contribution in [0, 0.1) is 10.1 Å².